The summed E-state index contributed by atoms with van der Waals surface area (Å²) in [5, 5.41) is 3.30. The van der Waals surface area contributed by atoms with Gasteiger partial charge in [0.2, 0.25) is 5.91 Å². The summed E-state index contributed by atoms with van der Waals surface area (Å²) in [6.45, 7) is 0.361. The van der Waals surface area contributed by atoms with Gasteiger partial charge in [-0.3, -0.25) is 9.59 Å². The lowest BCUT2D eigenvalue weighted by Crippen LogP contribution is -2.23. The van der Waals surface area contributed by atoms with Crippen molar-refractivity contribution in [2.24, 2.45) is 0 Å². The highest BCUT2D eigenvalue weighted by Crippen LogP contribution is 2.14. The van der Waals surface area contributed by atoms with Gasteiger partial charge in [-0.15, -0.1) is 0 Å². The first kappa shape index (κ1) is 13.5. The highest BCUT2D eigenvalue weighted by molar-refractivity contribution is 6.31. The summed E-state index contributed by atoms with van der Waals surface area (Å²) in [5.41, 5.74) is 0.848. The molecule has 0 atom stereocenters. The highest BCUT2D eigenvalue weighted by Gasteiger charge is 2.07. The van der Waals surface area contributed by atoms with Crippen molar-refractivity contribution >= 4 is 23.5 Å². The van der Waals surface area contributed by atoms with Crippen molar-refractivity contribution in [2.75, 3.05) is 7.11 Å². The van der Waals surface area contributed by atoms with Crippen molar-refractivity contribution in [1.82, 2.24) is 5.32 Å². The Morgan fingerprint density at radius 3 is 2.65 bits per heavy atom. The molecule has 1 rings (SSSR count). The van der Waals surface area contributed by atoms with Crippen LogP contribution in [-0.2, 0) is 20.9 Å². The third kappa shape index (κ3) is 4.87. The van der Waals surface area contributed by atoms with Gasteiger partial charge in [-0.2, -0.15) is 0 Å². The molecule has 0 heterocycles. The molecule has 1 N–H and O–H groups in total. The standard InChI is InChI=1S/C12H14ClNO3/c1-17-12(16)7-6-11(15)14-8-9-4-2-3-5-10(9)13/h2-5H,6-8H2,1H3,(H,14,15). The minimum Gasteiger partial charge on any atom is -0.469 e. The fourth-order valence-electron chi connectivity index (χ4n) is 1.24. The fraction of sp³-hybridized carbons (Fsp3) is 0.333. The van der Waals surface area contributed by atoms with Crippen molar-refractivity contribution in [3.63, 3.8) is 0 Å². The molecule has 0 aliphatic carbocycles. The van der Waals surface area contributed by atoms with Crippen LogP contribution in [0.25, 0.3) is 0 Å². The van der Waals surface area contributed by atoms with E-state index in [4.69, 9.17) is 11.6 Å². The number of methoxy groups -OCH3 is 1. The zero-order chi connectivity index (χ0) is 12.7. The summed E-state index contributed by atoms with van der Waals surface area (Å²) in [5.74, 6) is -0.590. The number of rotatable bonds is 5. The maximum Gasteiger partial charge on any atom is 0.306 e. The maximum absolute atomic E-state index is 11.4. The molecule has 1 amide bonds. The van der Waals surface area contributed by atoms with E-state index < -0.39 is 5.97 Å². The van der Waals surface area contributed by atoms with E-state index in [1.807, 2.05) is 18.2 Å². The van der Waals surface area contributed by atoms with Gasteiger partial charge in [0.25, 0.3) is 0 Å². The Kier molecular flexibility index (Phi) is 5.49. The van der Waals surface area contributed by atoms with Gasteiger partial charge in [0.15, 0.2) is 0 Å². The molecule has 0 aliphatic heterocycles. The topological polar surface area (TPSA) is 55.4 Å². The molecule has 0 aromatic heterocycles. The number of carbonyl (C=O) groups excluding carboxylic acids is 2. The Bertz CT molecular complexity index is 406. The van der Waals surface area contributed by atoms with Crippen molar-refractivity contribution in [3.8, 4) is 0 Å². The van der Waals surface area contributed by atoms with E-state index in [0.29, 0.717) is 11.6 Å². The predicted octanol–water partition coefficient (Wildman–Crippen LogP) is 1.91. The van der Waals surface area contributed by atoms with E-state index in [-0.39, 0.29) is 18.7 Å². The Labute approximate surface area is 105 Å². The van der Waals surface area contributed by atoms with E-state index in [0.717, 1.165) is 5.56 Å². The quantitative estimate of drug-likeness (QED) is 0.818. The molecule has 0 spiro atoms. The molecular formula is C12H14ClNO3. The van der Waals surface area contributed by atoms with E-state index in [1.165, 1.54) is 7.11 Å². The number of benzene rings is 1. The average Bonchev–Trinajstić information content (AvgIpc) is 2.35. The largest absolute Gasteiger partial charge is 0.469 e. The van der Waals surface area contributed by atoms with Gasteiger partial charge < -0.3 is 10.1 Å². The van der Waals surface area contributed by atoms with Crippen LogP contribution in [-0.4, -0.2) is 19.0 Å². The van der Waals surface area contributed by atoms with Crippen molar-refractivity contribution in [2.45, 2.75) is 19.4 Å². The van der Waals surface area contributed by atoms with Crippen LogP contribution in [0.3, 0.4) is 0 Å². The first-order valence-electron chi connectivity index (χ1n) is 5.20. The number of hydrogen-bond acceptors (Lipinski definition) is 3. The zero-order valence-corrected chi connectivity index (χ0v) is 10.3. The third-order valence-corrected chi connectivity index (χ3v) is 2.59. The Morgan fingerprint density at radius 2 is 2.00 bits per heavy atom. The zero-order valence-electron chi connectivity index (χ0n) is 9.53. The summed E-state index contributed by atoms with van der Waals surface area (Å²) >= 11 is 5.93. The molecule has 92 valence electrons. The van der Waals surface area contributed by atoms with Gasteiger partial charge in [0.1, 0.15) is 0 Å². The Balaban J connectivity index is 2.34. The van der Waals surface area contributed by atoms with Gasteiger partial charge in [0.05, 0.1) is 13.5 Å². The van der Waals surface area contributed by atoms with Gasteiger partial charge in [-0.05, 0) is 11.6 Å². The number of nitrogens with one attached hydrogen (secondary N) is 1. The lowest BCUT2D eigenvalue weighted by Gasteiger charge is -2.06. The van der Waals surface area contributed by atoms with E-state index >= 15 is 0 Å². The average molecular weight is 256 g/mol. The van der Waals surface area contributed by atoms with Gasteiger partial charge in [-0.25, -0.2) is 0 Å². The van der Waals surface area contributed by atoms with E-state index in [2.05, 4.69) is 10.1 Å². The van der Waals surface area contributed by atoms with E-state index in [1.54, 1.807) is 6.07 Å². The molecule has 1 aromatic rings. The molecule has 1 aromatic carbocycles. The monoisotopic (exact) mass is 255 g/mol. The smallest absolute Gasteiger partial charge is 0.306 e. The normalized spacial score (nSPS) is 9.76. The number of carbonyl (C=O) groups is 2. The summed E-state index contributed by atoms with van der Waals surface area (Å²) < 4.78 is 4.44. The Hall–Kier alpha value is -1.55. The van der Waals surface area contributed by atoms with Gasteiger partial charge in [-0.1, -0.05) is 29.8 Å². The van der Waals surface area contributed by atoms with Gasteiger partial charge >= 0.3 is 5.97 Å². The molecule has 0 bridgehead atoms. The van der Waals surface area contributed by atoms with Crippen LogP contribution < -0.4 is 5.32 Å². The molecule has 0 radical (unpaired) electrons. The molecular weight excluding hydrogens is 242 g/mol. The van der Waals surface area contributed by atoms with Crippen LogP contribution in [0.1, 0.15) is 18.4 Å². The van der Waals surface area contributed by atoms with Crippen LogP contribution >= 0.6 is 11.6 Å². The molecule has 17 heavy (non-hydrogen) atoms. The summed E-state index contributed by atoms with van der Waals surface area (Å²) in [6.07, 6.45) is 0.210. The molecule has 0 fully saturated rings. The van der Waals surface area contributed by atoms with Crippen molar-refractivity contribution in [3.05, 3.63) is 34.9 Å². The lowest BCUT2D eigenvalue weighted by atomic mass is 10.2. The van der Waals surface area contributed by atoms with Crippen LogP contribution in [0, 0.1) is 0 Å². The summed E-state index contributed by atoms with van der Waals surface area (Å²) in [7, 11) is 1.30. The van der Waals surface area contributed by atoms with Crippen LogP contribution in [0.15, 0.2) is 24.3 Å². The van der Waals surface area contributed by atoms with Crippen molar-refractivity contribution < 1.29 is 14.3 Å². The fourth-order valence-corrected chi connectivity index (χ4v) is 1.44. The first-order chi connectivity index (χ1) is 8.13. The molecule has 0 saturated carbocycles. The number of hydrogen-bond donors (Lipinski definition) is 1. The van der Waals surface area contributed by atoms with Gasteiger partial charge in [0, 0.05) is 18.0 Å². The highest BCUT2D eigenvalue weighted by atomic mass is 35.5. The van der Waals surface area contributed by atoms with Crippen molar-refractivity contribution in [1.29, 1.82) is 0 Å². The minimum absolute atomic E-state index is 0.0881. The Morgan fingerprint density at radius 1 is 1.29 bits per heavy atom. The first-order valence-corrected chi connectivity index (χ1v) is 5.58. The minimum atomic E-state index is -0.391. The lowest BCUT2D eigenvalue weighted by molar-refractivity contribution is -0.142. The number of amides is 1. The molecule has 0 unspecified atom stereocenters. The van der Waals surface area contributed by atoms with E-state index in [9.17, 15) is 9.59 Å². The number of halogens is 1. The van der Waals surface area contributed by atoms with Crippen LogP contribution in [0.5, 0.6) is 0 Å². The van der Waals surface area contributed by atoms with Crippen LogP contribution in [0.4, 0.5) is 0 Å². The second-order valence-corrected chi connectivity index (χ2v) is 3.85. The second-order valence-electron chi connectivity index (χ2n) is 3.44. The summed E-state index contributed by atoms with van der Waals surface area (Å²) in [6, 6.07) is 7.27. The third-order valence-electron chi connectivity index (χ3n) is 2.22. The predicted molar refractivity (Wildman–Crippen MR) is 64.5 cm³/mol. The number of ether oxygens (including phenoxy) is 1. The SMILES string of the molecule is COC(=O)CCC(=O)NCc1ccccc1Cl. The molecule has 0 aliphatic rings. The molecule has 4 nitrogen and oxygen atoms in total. The molecule has 0 saturated heterocycles. The molecule has 5 heteroatoms. The maximum atomic E-state index is 11.4. The number of esters is 1. The van der Waals surface area contributed by atoms with Crippen LogP contribution in [0.2, 0.25) is 5.02 Å². The summed E-state index contributed by atoms with van der Waals surface area (Å²) in [4.78, 5) is 22.2. The second kappa shape index (κ2) is 6.91.